The van der Waals surface area contributed by atoms with Gasteiger partial charge >= 0.3 is 0 Å². The molecule has 0 saturated carbocycles. The number of nitrogens with one attached hydrogen (secondary N) is 1. The van der Waals surface area contributed by atoms with E-state index in [1.807, 2.05) is 24.3 Å². The highest BCUT2D eigenvalue weighted by Gasteiger charge is 2.24. The van der Waals surface area contributed by atoms with Crippen molar-refractivity contribution in [2.24, 2.45) is 5.92 Å². The Hall–Kier alpha value is -3.73. The van der Waals surface area contributed by atoms with E-state index in [2.05, 4.69) is 78.5 Å². The Labute approximate surface area is 207 Å². The molecule has 0 bridgehead atoms. The van der Waals surface area contributed by atoms with Gasteiger partial charge in [-0.05, 0) is 40.8 Å². The van der Waals surface area contributed by atoms with E-state index >= 15 is 0 Å². The second-order valence-electron chi connectivity index (χ2n) is 9.32. The van der Waals surface area contributed by atoms with Crippen LogP contribution < -0.4 is 14.8 Å². The first-order valence-corrected chi connectivity index (χ1v) is 12.1. The molecule has 4 aromatic rings. The lowest BCUT2D eigenvalue weighted by molar-refractivity contribution is -0.121. The van der Waals surface area contributed by atoms with E-state index in [1.165, 1.54) is 5.56 Å². The summed E-state index contributed by atoms with van der Waals surface area (Å²) in [6.07, 6.45) is 2.53. The average molecular weight is 471 g/mol. The summed E-state index contributed by atoms with van der Waals surface area (Å²) >= 11 is 0. The molecule has 0 aliphatic heterocycles. The van der Waals surface area contributed by atoms with Crippen molar-refractivity contribution in [1.82, 2.24) is 9.88 Å². The van der Waals surface area contributed by atoms with Crippen LogP contribution in [0.15, 0.2) is 79.0 Å². The molecule has 0 aliphatic rings. The smallest absolute Gasteiger partial charge is 0.220 e. The third kappa shape index (κ3) is 5.86. The van der Waals surface area contributed by atoms with Crippen LogP contribution in [-0.4, -0.2) is 31.2 Å². The number of aromatic nitrogens is 1. The van der Waals surface area contributed by atoms with E-state index in [0.717, 1.165) is 28.6 Å². The van der Waals surface area contributed by atoms with Crippen molar-refractivity contribution in [3.8, 4) is 11.5 Å². The maximum Gasteiger partial charge on any atom is 0.220 e. The summed E-state index contributed by atoms with van der Waals surface area (Å²) in [4.78, 5) is 13.1. The topological polar surface area (TPSA) is 52.5 Å². The maximum atomic E-state index is 13.1. The van der Waals surface area contributed by atoms with Gasteiger partial charge in [0.2, 0.25) is 5.91 Å². The Morgan fingerprint density at radius 2 is 1.57 bits per heavy atom. The van der Waals surface area contributed by atoms with Gasteiger partial charge in [-0.25, -0.2) is 0 Å². The van der Waals surface area contributed by atoms with Gasteiger partial charge < -0.3 is 19.4 Å². The Bertz CT molecular complexity index is 1260. The summed E-state index contributed by atoms with van der Waals surface area (Å²) in [5.74, 6) is 1.68. The van der Waals surface area contributed by atoms with Crippen molar-refractivity contribution < 1.29 is 14.3 Å². The van der Waals surface area contributed by atoms with Gasteiger partial charge in [-0.3, -0.25) is 4.79 Å². The third-order valence-electron chi connectivity index (χ3n) is 6.26. The number of para-hydroxylation sites is 1. The largest absolute Gasteiger partial charge is 0.497 e. The summed E-state index contributed by atoms with van der Waals surface area (Å²) < 4.78 is 13.4. The monoisotopic (exact) mass is 470 g/mol. The molecule has 35 heavy (non-hydrogen) atoms. The summed E-state index contributed by atoms with van der Waals surface area (Å²) in [7, 11) is 3.29. The van der Waals surface area contributed by atoms with Crippen molar-refractivity contribution >= 4 is 16.8 Å². The van der Waals surface area contributed by atoms with Gasteiger partial charge in [0, 0.05) is 48.6 Å². The quantitative estimate of drug-likeness (QED) is 0.309. The minimum Gasteiger partial charge on any atom is -0.497 e. The van der Waals surface area contributed by atoms with Crippen LogP contribution >= 0.6 is 0 Å². The molecule has 4 rings (SSSR count). The van der Waals surface area contributed by atoms with Crippen molar-refractivity contribution in [2.45, 2.75) is 32.7 Å². The number of fused-ring (bicyclic) bond motifs is 1. The van der Waals surface area contributed by atoms with E-state index in [0.29, 0.717) is 30.4 Å². The van der Waals surface area contributed by atoms with E-state index in [-0.39, 0.29) is 11.8 Å². The fourth-order valence-electron chi connectivity index (χ4n) is 4.48. The van der Waals surface area contributed by atoms with E-state index in [1.54, 1.807) is 14.2 Å². The zero-order chi connectivity index (χ0) is 24.8. The fraction of sp³-hybridized carbons (Fsp3) is 0.300. The second-order valence-corrected chi connectivity index (χ2v) is 9.32. The van der Waals surface area contributed by atoms with Crippen LogP contribution in [0.2, 0.25) is 0 Å². The number of rotatable bonds is 10. The molecule has 0 radical (unpaired) electrons. The molecule has 1 heterocycles. The van der Waals surface area contributed by atoms with E-state index in [4.69, 9.17) is 9.47 Å². The lowest BCUT2D eigenvalue weighted by atomic mass is 9.87. The molecule has 0 fully saturated rings. The number of benzene rings is 3. The first-order chi connectivity index (χ1) is 17.0. The number of hydrogen-bond donors (Lipinski definition) is 1. The lowest BCUT2D eigenvalue weighted by Gasteiger charge is -2.19. The molecule has 182 valence electrons. The van der Waals surface area contributed by atoms with Crippen LogP contribution in [0, 0.1) is 5.92 Å². The Balaban J connectivity index is 1.81. The molecule has 5 heteroatoms. The molecule has 1 aromatic heterocycles. The van der Waals surface area contributed by atoms with Crippen molar-refractivity contribution in [3.63, 3.8) is 0 Å². The standard InChI is InChI=1S/C30H34N2O3/c1-21(2)18-31-30(33)17-27(23-14-24(34-3)16-25(15-23)35-4)28-20-32(19-22-10-6-5-7-11-22)29-13-9-8-12-26(28)29/h5-16,20-21,27H,17-19H2,1-4H3,(H,31,33)/t27-/m1/s1. The van der Waals surface area contributed by atoms with Crippen LogP contribution in [0.1, 0.15) is 42.9 Å². The highest BCUT2D eigenvalue weighted by molar-refractivity contribution is 5.87. The zero-order valence-electron chi connectivity index (χ0n) is 21.0. The second kappa shape index (κ2) is 11.1. The predicted octanol–water partition coefficient (Wildman–Crippen LogP) is 6.00. The van der Waals surface area contributed by atoms with Gasteiger partial charge in [-0.2, -0.15) is 0 Å². The highest BCUT2D eigenvalue weighted by atomic mass is 16.5. The van der Waals surface area contributed by atoms with Gasteiger partial charge in [0.05, 0.1) is 14.2 Å². The van der Waals surface area contributed by atoms with Gasteiger partial charge in [0.25, 0.3) is 0 Å². The van der Waals surface area contributed by atoms with E-state index in [9.17, 15) is 4.79 Å². The normalized spacial score (nSPS) is 12.0. The Morgan fingerprint density at radius 3 is 2.23 bits per heavy atom. The molecule has 0 saturated heterocycles. The molecule has 3 aromatic carbocycles. The molecule has 1 amide bonds. The van der Waals surface area contributed by atoms with Crippen LogP contribution in [0.5, 0.6) is 11.5 Å². The van der Waals surface area contributed by atoms with Crippen molar-refractivity contribution in [1.29, 1.82) is 0 Å². The van der Waals surface area contributed by atoms with Gasteiger partial charge in [-0.1, -0.05) is 62.4 Å². The van der Waals surface area contributed by atoms with Crippen LogP contribution in [-0.2, 0) is 11.3 Å². The maximum absolute atomic E-state index is 13.1. The molecule has 1 N–H and O–H groups in total. The van der Waals surface area contributed by atoms with Gasteiger partial charge in [-0.15, -0.1) is 0 Å². The molecule has 1 atom stereocenters. The number of carbonyl (C=O) groups excluding carboxylic acids is 1. The number of methoxy groups -OCH3 is 2. The summed E-state index contributed by atoms with van der Waals surface area (Å²) in [5.41, 5.74) is 4.48. The van der Waals surface area contributed by atoms with Crippen LogP contribution in [0.4, 0.5) is 0 Å². The third-order valence-corrected chi connectivity index (χ3v) is 6.26. The van der Waals surface area contributed by atoms with Crippen molar-refractivity contribution in [3.05, 3.63) is 95.7 Å². The van der Waals surface area contributed by atoms with Gasteiger partial charge in [0.1, 0.15) is 11.5 Å². The summed E-state index contributed by atoms with van der Waals surface area (Å²) in [5, 5.41) is 4.24. The first-order valence-electron chi connectivity index (χ1n) is 12.1. The summed E-state index contributed by atoms with van der Waals surface area (Å²) in [6, 6.07) is 24.7. The molecule has 5 nitrogen and oxygen atoms in total. The molecular weight excluding hydrogens is 436 g/mol. The molecule has 0 aliphatic carbocycles. The Kier molecular flexibility index (Phi) is 7.76. The SMILES string of the molecule is COc1cc(OC)cc([C@@H](CC(=O)NCC(C)C)c2cn(Cc3ccccc3)c3ccccc23)c1. The molecular formula is C30H34N2O3. The number of ether oxygens (including phenoxy) is 2. The number of amides is 1. The predicted molar refractivity (Wildman–Crippen MR) is 141 cm³/mol. The number of hydrogen-bond acceptors (Lipinski definition) is 3. The minimum atomic E-state index is -0.159. The Morgan fingerprint density at radius 1 is 0.914 bits per heavy atom. The van der Waals surface area contributed by atoms with E-state index < -0.39 is 0 Å². The first kappa shape index (κ1) is 24.4. The van der Waals surface area contributed by atoms with Crippen molar-refractivity contribution in [2.75, 3.05) is 20.8 Å². The zero-order valence-corrected chi connectivity index (χ0v) is 21.0. The highest BCUT2D eigenvalue weighted by Crippen LogP contribution is 2.38. The molecule has 0 spiro atoms. The van der Waals surface area contributed by atoms with Gasteiger partial charge in [0.15, 0.2) is 0 Å². The fourth-order valence-corrected chi connectivity index (χ4v) is 4.48. The number of carbonyl (C=O) groups is 1. The number of nitrogens with zero attached hydrogens (tertiary/aromatic N) is 1. The molecule has 0 unspecified atom stereocenters. The average Bonchev–Trinajstić information content (AvgIpc) is 3.24. The van der Waals surface area contributed by atoms with Crippen LogP contribution in [0.3, 0.4) is 0 Å². The van der Waals surface area contributed by atoms with Crippen LogP contribution in [0.25, 0.3) is 10.9 Å². The lowest BCUT2D eigenvalue weighted by Crippen LogP contribution is -2.28. The summed E-state index contributed by atoms with van der Waals surface area (Å²) in [6.45, 7) is 5.61. The minimum absolute atomic E-state index is 0.0328.